The van der Waals surface area contributed by atoms with Crippen LogP contribution in [-0.4, -0.2) is 52.7 Å². The van der Waals surface area contributed by atoms with Crippen LogP contribution in [0.15, 0.2) is 58.1 Å². The van der Waals surface area contributed by atoms with Crippen LogP contribution < -0.4 is 21.1 Å². The molecule has 0 atom stereocenters. The Morgan fingerprint density at radius 1 is 1.09 bits per heavy atom. The van der Waals surface area contributed by atoms with Crippen LogP contribution in [0.5, 0.6) is 0 Å². The Kier molecular flexibility index (Phi) is 7.53. The van der Waals surface area contributed by atoms with Gasteiger partial charge < -0.3 is 25.0 Å². The van der Waals surface area contributed by atoms with Crippen molar-refractivity contribution in [1.29, 1.82) is 0 Å². The molecular formula is C25H32BrN7O. The Bertz CT molecular complexity index is 1170. The molecule has 1 fully saturated rings. The largest absolute Gasteiger partial charge is 0.371 e. The second-order valence-corrected chi connectivity index (χ2v) is 9.95. The van der Waals surface area contributed by atoms with Gasteiger partial charge in [0.2, 0.25) is 5.95 Å². The summed E-state index contributed by atoms with van der Waals surface area (Å²) in [5, 5.41) is 6.41. The molecule has 0 aliphatic carbocycles. The first kappa shape index (κ1) is 24.2. The highest BCUT2D eigenvalue weighted by molar-refractivity contribution is 9.10. The molecule has 8 nitrogen and oxygen atoms in total. The van der Waals surface area contributed by atoms with Gasteiger partial charge in [0.15, 0.2) is 5.82 Å². The first-order valence-corrected chi connectivity index (χ1v) is 12.4. The molecule has 0 spiro atoms. The van der Waals surface area contributed by atoms with Gasteiger partial charge in [-0.3, -0.25) is 4.79 Å². The van der Waals surface area contributed by atoms with Gasteiger partial charge in [-0.2, -0.15) is 4.98 Å². The maximum absolute atomic E-state index is 12.7. The van der Waals surface area contributed by atoms with Crippen molar-refractivity contribution in [3.8, 4) is 0 Å². The third-order valence-electron chi connectivity index (χ3n) is 6.21. The summed E-state index contributed by atoms with van der Waals surface area (Å²) in [6.45, 7) is 6.09. The van der Waals surface area contributed by atoms with E-state index in [0.29, 0.717) is 28.0 Å². The predicted molar refractivity (Wildman–Crippen MR) is 143 cm³/mol. The number of nitrogens with zero attached hydrogens (tertiary/aromatic N) is 5. The van der Waals surface area contributed by atoms with Gasteiger partial charge >= 0.3 is 0 Å². The van der Waals surface area contributed by atoms with Crippen LogP contribution in [0.3, 0.4) is 0 Å². The lowest BCUT2D eigenvalue weighted by Gasteiger charge is -2.36. The fourth-order valence-electron chi connectivity index (χ4n) is 4.18. The molecule has 0 unspecified atom stereocenters. The number of piperidine rings is 1. The van der Waals surface area contributed by atoms with Crippen molar-refractivity contribution < 1.29 is 0 Å². The van der Waals surface area contributed by atoms with Crippen molar-refractivity contribution >= 4 is 44.8 Å². The van der Waals surface area contributed by atoms with E-state index in [4.69, 9.17) is 0 Å². The van der Waals surface area contributed by atoms with E-state index in [-0.39, 0.29) is 11.6 Å². The first-order valence-electron chi connectivity index (χ1n) is 11.6. The Morgan fingerprint density at radius 3 is 2.44 bits per heavy atom. The smallest absolute Gasteiger partial charge is 0.274 e. The minimum Gasteiger partial charge on any atom is -0.371 e. The minimum atomic E-state index is -0.0947. The van der Waals surface area contributed by atoms with E-state index >= 15 is 0 Å². The third kappa shape index (κ3) is 5.59. The lowest BCUT2D eigenvalue weighted by atomic mass is 10.0. The summed E-state index contributed by atoms with van der Waals surface area (Å²) in [6, 6.07) is 12.7. The fraction of sp³-hybridized carbons (Fsp3) is 0.400. The van der Waals surface area contributed by atoms with Gasteiger partial charge in [-0.1, -0.05) is 0 Å². The zero-order valence-electron chi connectivity index (χ0n) is 20.1. The average Bonchev–Trinajstić information content (AvgIpc) is 2.83. The fourth-order valence-corrected chi connectivity index (χ4v) is 4.47. The number of pyridine rings is 1. The predicted octanol–water partition coefficient (Wildman–Crippen LogP) is 5.00. The average molecular weight is 526 g/mol. The molecule has 3 heterocycles. The van der Waals surface area contributed by atoms with Gasteiger partial charge in [-0.25, -0.2) is 4.98 Å². The number of aromatic nitrogens is 3. The molecule has 9 heteroatoms. The summed E-state index contributed by atoms with van der Waals surface area (Å²) in [6.07, 6.45) is 5.82. The number of anilines is 5. The van der Waals surface area contributed by atoms with E-state index in [1.54, 1.807) is 23.0 Å². The van der Waals surface area contributed by atoms with Gasteiger partial charge in [-0.15, -0.1) is 0 Å². The van der Waals surface area contributed by atoms with Crippen molar-refractivity contribution in [2.75, 3.05) is 42.7 Å². The molecule has 0 amide bonds. The highest BCUT2D eigenvalue weighted by Gasteiger charge is 2.20. The molecule has 1 saturated heterocycles. The molecule has 1 aliphatic heterocycles. The number of hydrogen-bond donors (Lipinski definition) is 2. The molecule has 0 radical (unpaired) electrons. The number of hydrogen-bond acceptors (Lipinski definition) is 7. The zero-order chi connectivity index (χ0) is 24.2. The minimum absolute atomic E-state index is 0.0719. The van der Waals surface area contributed by atoms with Crippen LogP contribution in [-0.2, 0) is 0 Å². The van der Waals surface area contributed by atoms with Gasteiger partial charge in [0.1, 0.15) is 5.69 Å². The highest BCUT2D eigenvalue weighted by atomic mass is 79.9. The molecular weight excluding hydrogens is 494 g/mol. The molecule has 4 rings (SSSR count). The standard InChI is InChI=1S/C25H32BrN7O/c1-17(2)33-13-5-6-22(24(33)34)29-23-21(26)16-27-25(30-23)28-18-7-9-20(10-8-18)32-14-11-19(12-15-32)31(3)4/h5-10,13,16-17,19H,11-12,14-15H2,1-4H3,(H2,27,28,29,30). The van der Waals surface area contributed by atoms with E-state index in [0.717, 1.165) is 18.8 Å². The van der Waals surface area contributed by atoms with Crippen LogP contribution in [0.1, 0.15) is 32.7 Å². The Morgan fingerprint density at radius 2 is 1.79 bits per heavy atom. The van der Waals surface area contributed by atoms with Crippen molar-refractivity contribution in [2.45, 2.75) is 38.8 Å². The van der Waals surface area contributed by atoms with Crippen LogP contribution in [0.4, 0.5) is 28.8 Å². The summed E-state index contributed by atoms with van der Waals surface area (Å²) in [4.78, 5) is 26.4. The molecule has 34 heavy (non-hydrogen) atoms. The van der Waals surface area contributed by atoms with E-state index in [1.165, 1.54) is 18.5 Å². The second-order valence-electron chi connectivity index (χ2n) is 9.10. The van der Waals surface area contributed by atoms with Crippen molar-refractivity contribution in [2.24, 2.45) is 0 Å². The van der Waals surface area contributed by atoms with Crippen LogP contribution in [0, 0.1) is 0 Å². The van der Waals surface area contributed by atoms with Crippen LogP contribution in [0.2, 0.25) is 0 Å². The lowest BCUT2D eigenvalue weighted by molar-refractivity contribution is 0.249. The molecule has 2 aromatic heterocycles. The number of rotatable bonds is 7. The van der Waals surface area contributed by atoms with Crippen molar-refractivity contribution in [3.63, 3.8) is 0 Å². The van der Waals surface area contributed by atoms with E-state index in [9.17, 15) is 4.79 Å². The van der Waals surface area contributed by atoms with Gasteiger partial charge in [0.25, 0.3) is 5.56 Å². The molecule has 0 saturated carbocycles. The maximum Gasteiger partial charge on any atom is 0.274 e. The molecule has 2 N–H and O–H groups in total. The van der Waals surface area contributed by atoms with Gasteiger partial charge in [-0.05, 0) is 93.1 Å². The molecule has 3 aromatic rings. The first-order chi connectivity index (χ1) is 16.3. The van der Waals surface area contributed by atoms with Crippen LogP contribution >= 0.6 is 15.9 Å². The van der Waals surface area contributed by atoms with E-state index < -0.39 is 0 Å². The van der Waals surface area contributed by atoms with Gasteiger partial charge in [0.05, 0.1) is 4.47 Å². The molecule has 0 bridgehead atoms. The van der Waals surface area contributed by atoms with Crippen LogP contribution in [0.25, 0.3) is 0 Å². The zero-order valence-corrected chi connectivity index (χ0v) is 21.7. The highest BCUT2D eigenvalue weighted by Crippen LogP contribution is 2.26. The normalized spacial score (nSPS) is 14.6. The summed E-state index contributed by atoms with van der Waals surface area (Å²) in [5.74, 6) is 0.974. The summed E-state index contributed by atoms with van der Waals surface area (Å²) in [5.41, 5.74) is 2.50. The lowest BCUT2D eigenvalue weighted by Crippen LogP contribution is -2.41. The van der Waals surface area contributed by atoms with E-state index in [2.05, 4.69) is 72.6 Å². The topological polar surface area (TPSA) is 78.3 Å². The second kappa shape index (κ2) is 10.6. The molecule has 1 aromatic carbocycles. The molecule has 1 aliphatic rings. The summed E-state index contributed by atoms with van der Waals surface area (Å²) in [7, 11) is 4.32. The Hall–Kier alpha value is -2.91. The molecule has 180 valence electrons. The van der Waals surface area contributed by atoms with E-state index in [1.807, 2.05) is 32.0 Å². The summed E-state index contributed by atoms with van der Waals surface area (Å²) < 4.78 is 2.36. The van der Waals surface area contributed by atoms with Crippen molar-refractivity contribution in [1.82, 2.24) is 19.4 Å². The van der Waals surface area contributed by atoms with Crippen molar-refractivity contribution in [3.05, 3.63) is 63.6 Å². The Balaban J connectivity index is 1.45. The third-order valence-corrected chi connectivity index (χ3v) is 6.79. The summed E-state index contributed by atoms with van der Waals surface area (Å²) >= 11 is 3.48. The SMILES string of the molecule is CC(C)n1cccc(Nc2nc(Nc3ccc(N4CCC(N(C)C)CC4)cc3)ncc2Br)c1=O. The Labute approximate surface area is 209 Å². The maximum atomic E-state index is 12.7. The number of nitrogens with one attached hydrogen (secondary N) is 2. The quantitative estimate of drug-likeness (QED) is 0.449. The monoisotopic (exact) mass is 525 g/mol. The number of benzene rings is 1. The number of halogens is 1. The van der Waals surface area contributed by atoms with Gasteiger partial charge in [0, 0.05) is 48.9 Å².